The molecule has 0 saturated heterocycles. The highest BCUT2D eigenvalue weighted by Gasteiger charge is 2.53. The third kappa shape index (κ3) is 4.67. The number of esters is 2. The van der Waals surface area contributed by atoms with Crippen molar-refractivity contribution in [2.45, 2.75) is 90.9 Å². The Morgan fingerprint density at radius 1 is 1.09 bits per heavy atom. The molecule has 0 aliphatic heterocycles. The second-order valence-corrected chi connectivity index (χ2v) is 10.6. The lowest BCUT2D eigenvalue weighted by atomic mass is 9.52. The third-order valence-corrected chi connectivity index (χ3v) is 8.50. The van der Waals surface area contributed by atoms with Crippen LogP contribution in [0.2, 0.25) is 0 Å². The molecule has 3 aliphatic carbocycles. The summed E-state index contributed by atoms with van der Waals surface area (Å²) in [7, 11) is 0. The van der Waals surface area contributed by atoms with E-state index < -0.39 is 0 Å². The Balaban J connectivity index is 1.58. The van der Waals surface area contributed by atoms with Crippen LogP contribution in [0.4, 0.5) is 0 Å². The van der Waals surface area contributed by atoms with Crippen molar-refractivity contribution in [1.82, 2.24) is 0 Å². The first-order chi connectivity index (χ1) is 15.3. The molecule has 4 rings (SSSR count). The van der Waals surface area contributed by atoms with E-state index in [0.29, 0.717) is 35.5 Å². The molecule has 0 aromatic heterocycles. The van der Waals surface area contributed by atoms with Crippen molar-refractivity contribution in [2.24, 2.45) is 23.2 Å². The van der Waals surface area contributed by atoms with Gasteiger partial charge in [-0.2, -0.15) is 0 Å². The summed E-state index contributed by atoms with van der Waals surface area (Å²) in [6.07, 6.45) is 11.5. The number of unbranched alkanes of at least 4 members (excludes halogenated alkanes) is 2. The number of carbonyl (C=O) groups excluding carboxylic acids is 2. The monoisotopic (exact) mass is 442 g/mol. The Bertz CT molecular complexity index is 862. The second kappa shape index (κ2) is 9.44. The first kappa shape index (κ1) is 23.1. The van der Waals surface area contributed by atoms with Gasteiger partial charge in [-0.05, 0) is 85.7 Å². The normalized spacial score (nSPS) is 30.7. The minimum Gasteiger partial charge on any atom is -0.508 e. The van der Waals surface area contributed by atoms with Crippen LogP contribution < -0.4 is 4.74 Å². The third-order valence-electron chi connectivity index (χ3n) is 8.50. The van der Waals surface area contributed by atoms with Gasteiger partial charge in [-0.15, -0.1) is 0 Å². The average Bonchev–Trinajstić information content (AvgIpc) is 3.10. The van der Waals surface area contributed by atoms with Crippen LogP contribution in [0.25, 0.3) is 0 Å². The van der Waals surface area contributed by atoms with Crippen LogP contribution in [-0.4, -0.2) is 23.7 Å². The van der Waals surface area contributed by atoms with Crippen molar-refractivity contribution >= 4 is 11.9 Å². The quantitative estimate of drug-likeness (QED) is 0.323. The Morgan fingerprint density at radius 2 is 1.91 bits per heavy atom. The molecule has 0 radical (unpaired) electrons. The molecule has 3 aliphatic rings. The first-order valence-electron chi connectivity index (χ1n) is 12.5. The Labute approximate surface area is 191 Å². The Kier molecular flexibility index (Phi) is 6.83. The van der Waals surface area contributed by atoms with Crippen molar-refractivity contribution < 1.29 is 24.2 Å². The minimum absolute atomic E-state index is 0.181. The molecule has 5 heteroatoms. The number of hydrogen-bond donors (Lipinski definition) is 1. The number of ether oxygens (including phenoxy) is 2. The molecular weight excluding hydrogens is 404 g/mol. The molecule has 1 N–H and O–H groups in total. The van der Waals surface area contributed by atoms with Gasteiger partial charge < -0.3 is 14.6 Å². The van der Waals surface area contributed by atoms with E-state index in [1.807, 2.05) is 6.07 Å². The minimum atomic E-state index is -0.328. The maximum atomic E-state index is 11.8. The number of rotatable bonds is 7. The van der Waals surface area contributed by atoms with Crippen LogP contribution in [0.15, 0.2) is 12.1 Å². The summed E-state index contributed by atoms with van der Waals surface area (Å²) in [5.74, 6) is 2.53. The largest absolute Gasteiger partial charge is 0.508 e. The molecule has 0 bridgehead atoms. The number of fused-ring (bicyclic) bond motifs is 5. The van der Waals surface area contributed by atoms with Crippen molar-refractivity contribution in [3.05, 3.63) is 23.3 Å². The molecule has 2 fully saturated rings. The van der Waals surface area contributed by atoms with Crippen LogP contribution in [-0.2, 0) is 20.7 Å². The molecular formula is C27H38O5. The van der Waals surface area contributed by atoms with Crippen LogP contribution in [0.5, 0.6) is 11.5 Å². The van der Waals surface area contributed by atoms with Gasteiger partial charge in [0, 0.05) is 25.5 Å². The van der Waals surface area contributed by atoms with Gasteiger partial charge in [-0.3, -0.25) is 9.59 Å². The smallest absolute Gasteiger partial charge is 0.308 e. The van der Waals surface area contributed by atoms with Gasteiger partial charge in [0.25, 0.3) is 0 Å². The number of hydrogen-bond acceptors (Lipinski definition) is 5. The summed E-state index contributed by atoms with van der Waals surface area (Å²) >= 11 is 0. The zero-order chi connectivity index (χ0) is 22.9. The lowest BCUT2D eigenvalue weighted by Gasteiger charge is -2.52. The standard InChI is InChI=1S/C27H38O5/c1-17(28)31-13-6-4-5-8-19-14-20-15-21(30)16-24(32-18(2)29)26(20)22-10-12-27(3)11-7-9-23(27)25(19)22/h15-16,19,22-23,25,30H,4-14H2,1-3H3/t19-,22+,23+,25-,27+/m1/s1. The van der Waals surface area contributed by atoms with Crippen LogP contribution in [0.3, 0.4) is 0 Å². The van der Waals surface area contributed by atoms with Gasteiger partial charge in [0.05, 0.1) is 6.61 Å². The molecule has 5 nitrogen and oxygen atoms in total. The lowest BCUT2D eigenvalue weighted by molar-refractivity contribution is -0.141. The van der Waals surface area contributed by atoms with E-state index in [1.165, 1.54) is 45.1 Å². The fraction of sp³-hybridized carbons (Fsp3) is 0.704. The molecule has 32 heavy (non-hydrogen) atoms. The highest BCUT2D eigenvalue weighted by Crippen LogP contribution is 2.63. The lowest BCUT2D eigenvalue weighted by Crippen LogP contribution is -2.44. The van der Waals surface area contributed by atoms with Gasteiger partial charge in [0.15, 0.2) is 0 Å². The summed E-state index contributed by atoms with van der Waals surface area (Å²) in [5, 5.41) is 10.3. The van der Waals surface area contributed by atoms with Gasteiger partial charge in [-0.1, -0.05) is 26.2 Å². The number of phenolic OH excluding ortho intramolecular Hbond substituents is 1. The second-order valence-electron chi connectivity index (χ2n) is 10.6. The van der Waals surface area contributed by atoms with E-state index in [0.717, 1.165) is 50.0 Å². The highest BCUT2D eigenvalue weighted by atomic mass is 16.5. The molecule has 1 aromatic rings. The molecule has 2 saturated carbocycles. The number of aromatic hydroxyl groups is 1. The van der Waals surface area contributed by atoms with E-state index in [9.17, 15) is 14.7 Å². The maximum absolute atomic E-state index is 11.8. The molecule has 0 heterocycles. The van der Waals surface area contributed by atoms with E-state index >= 15 is 0 Å². The van der Waals surface area contributed by atoms with Crippen molar-refractivity contribution in [1.29, 1.82) is 0 Å². The molecule has 5 atom stereocenters. The molecule has 176 valence electrons. The molecule has 1 aromatic carbocycles. The van der Waals surface area contributed by atoms with Gasteiger partial charge >= 0.3 is 11.9 Å². The van der Waals surface area contributed by atoms with Crippen LogP contribution in [0.1, 0.15) is 95.6 Å². The van der Waals surface area contributed by atoms with Crippen molar-refractivity contribution in [3.8, 4) is 11.5 Å². The molecule has 0 spiro atoms. The fourth-order valence-corrected chi connectivity index (χ4v) is 7.29. The zero-order valence-electron chi connectivity index (χ0n) is 19.8. The van der Waals surface area contributed by atoms with Crippen molar-refractivity contribution in [2.75, 3.05) is 6.61 Å². The maximum Gasteiger partial charge on any atom is 0.308 e. The summed E-state index contributed by atoms with van der Waals surface area (Å²) in [4.78, 5) is 22.8. The number of benzene rings is 1. The topological polar surface area (TPSA) is 72.8 Å². The van der Waals surface area contributed by atoms with E-state index in [-0.39, 0.29) is 17.7 Å². The fourth-order valence-electron chi connectivity index (χ4n) is 7.29. The van der Waals surface area contributed by atoms with Gasteiger partial charge in [0.1, 0.15) is 11.5 Å². The van der Waals surface area contributed by atoms with Gasteiger partial charge in [0.2, 0.25) is 0 Å². The average molecular weight is 443 g/mol. The Hall–Kier alpha value is -2.04. The van der Waals surface area contributed by atoms with E-state index in [2.05, 4.69) is 6.92 Å². The van der Waals surface area contributed by atoms with Crippen LogP contribution >= 0.6 is 0 Å². The first-order valence-corrected chi connectivity index (χ1v) is 12.5. The summed E-state index contributed by atoms with van der Waals surface area (Å²) in [5.41, 5.74) is 2.78. The van der Waals surface area contributed by atoms with Crippen LogP contribution in [0, 0.1) is 23.2 Å². The summed E-state index contributed by atoms with van der Waals surface area (Å²) in [6.45, 7) is 5.90. The SMILES string of the molecule is CC(=O)OCCCCC[C@@H]1Cc2cc(O)cc(OC(C)=O)c2[C@H]2CC[C@]3(C)CCC[C@H]3[C@H]12. The summed E-state index contributed by atoms with van der Waals surface area (Å²) in [6, 6.07) is 3.53. The molecule has 0 amide bonds. The number of phenols is 1. The predicted octanol–water partition coefficient (Wildman–Crippen LogP) is 5.91. The zero-order valence-corrected chi connectivity index (χ0v) is 19.8. The van der Waals surface area contributed by atoms with Crippen molar-refractivity contribution in [3.63, 3.8) is 0 Å². The van der Waals surface area contributed by atoms with E-state index in [4.69, 9.17) is 9.47 Å². The Morgan fingerprint density at radius 3 is 2.66 bits per heavy atom. The van der Waals surface area contributed by atoms with Gasteiger partial charge in [-0.25, -0.2) is 0 Å². The number of carbonyl (C=O) groups is 2. The summed E-state index contributed by atoms with van der Waals surface area (Å²) < 4.78 is 10.7. The highest BCUT2D eigenvalue weighted by molar-refractivity contribution is 5.70. The van der Waals surface area contributed by atoms with E-state index in [1.54, 1.807) is 6.07 Å². The predicted molar refractivity (Wildman–Crippen MR) is 123 cm³/mol. The molecule has 0 unspecified atom stereocenters.